The fourth-order valence-corrected chi connectivity index (χ4v) is 3.98. The van der Waals surface area contributed by atoms with Crippen molar-refractivity contribution in [1.29, 1.82) is 0 Å². The summed E-state index contributed by atoms with van der Waals surface area (Å²) < 4.78 is 21.9. The first kappa shape index (κ1) is 24.8. The van der Waals surface area contributed by atoms with Crippen LogP contribution in [0.25, 0.3) is 0 Å². The standard InChI is InChI=1S/C21H34N4O4.HI/c1-5-22-21(25-7-6-17(15-25)24-8-10-29-11-9-24)23-14-16-12-19(27-3)20(28-4)13-18(16)26-2;/h12-13,17H,5-11,14-15H2,1-4H3,(H,22,23);1H. The average molecular weight is 534 g/mol. The zero-order valence-corrected chi connectivity index (χ0v) is 20.8. The first-order valence-corrected chi connectivity index (χ1v) is 10.3. The number of rotatable bonds is 7. The number of hydrogen-bond acceptors (Lipinski definition) is 6. The van der Waals surface area contributed by atoms with Gasteiger partial charge in [0.25, 0.3) is 0 Å². The molecule has 0 amide bonds. The van der Waals surface area contributed by atoms with E-state index in [1.165, 1.54) is 0 Å². The molecule has 8 nitrogen and oxygen atoms in total. The quantitative estimate of drug-likeness (QED) is 0.327. The molecule has 2 fully saturated rings. The van der Waals surface area contributed by atoms with Gasteiger partial charge in [0.1, 0.15) is 5.75 Å². The predicted octanol–water partition coefficient (Wildman–Crippen LogP) is 2.20. The number of guanidine groups is 1. The van der Waals surface area contributed by atoms with Crippen LogP contribution >= 0.6 is 24.0 Å². The highest BCUT2D eigenvalue weighted by molar-refractivity contribution is 14.0. The van der Waals surface area contributed by atoms with Gasteiger partial charge < -0.3 is 29.2 Å². The van der Waals surface area contributed by atoms with Gasteiger partial charge in [-0.2, -0.15) is 0 Å². The summed E-state index contributed by atoms with van der Waals surface area (Å²) >= 11 is 0. The lowest BCUT2D eigenvalue weighted by Gasteiger charge is -2.32. The second kappa shape index (κ2) is 12.4. The third-order valence-corrected chi connectivity index (χ3v) is 5.55. The van der Waals surface area contributed by atoms with Gasteiger partial charge in [-0.25, -0.2) is 4.99 Å². The molecule has 2 aliphatic rings. The Bertz CT molecular complexity index is 698. The molecule has 2 saturated heterocycles. The molecular weight excluding hydrogens is 499 g/mol. The van der Waals surface area contributed by atoms with Gasteiger partial charge in [-0.05, 0) is 19.4 Å². The predicted molar refractivity (Wildman–Crippen MR) is 129 cm³/mol. The van der Waals surface area contributed by atoms with Crippen LogP contribution in [0, 0.1) is 0 Å². The van der Waals surface area contributed by atoms with Crippen molar-refractivity contribution in [2.45, 2.75) is 25.9 Å². The smallest absolute Gasteiger partial charge is 0.194 e. The van der Waals surface area contributed by atoms with Gasteiger partial charge in [0, 0.05) is 50.4 Å². The highest BCUT2D eigenvalue weighted by atomic mass is 127. The van der Waals surface area contributed by atoms with Crippen LogP contribution in [-0.4, -0.2) is 89.1 Å². The number of halogens is 1. The van der Waals surface area contributed by atoms with Crippen LogP contribution in [0.4, 0.5) is 0 Å². The number of ether oxygens (including phenoxy) is 4. The summed E-state index contributed by atoms with van der Waals surface area (Å²) in [5, 5.41) is 3.44. The number of benzene rings is 1. The molecule has 0 spiro atoms. The minimum atomic E-state index is 0. The molecule has 0 radical (unpaired) electrons. The highest BCUT2D eigenvalue weighted by Crippen LogP contribution is 2.35. The zero-order chi connectivity index (χ0) is 20.6. The number of hydrogen-bond donors (Lipinski definition) is 1. The van der Waals surface area contributed by atoms with Gasteiger partial charge in [-0.1, -0.05) is 0 Å². The van der Waals surface area contributed by atoms with E-state index in [0.29, 0.717) is 24.1 Å². The maximum atomic E-state index is 5.54. The van der Waals surface area contributed by atoms with E-state index in [9.17, 15) is 0 Å². The van der Waals surface area contributed by atoms with Crippen LogP contribution in [0.1, 0.15) is 18.9 Å². The van der Waals surface area contributed by atoms with Gasteiger partial charge >= 0.3 is 0 Å². The molecule has 0 aromatic heterocycles. The summed E-state index contributed by atoms with van der Waals surface area (Å²) in [5.74, 6) is 3.02. The lowest BCUT2D eigenvalue weighted by atomic mass is 10.1. The molecule has 1 aromatic rings. The monoisotopic (exact) mass is 534 g/mol. The van der Waals surface area contributed by atoms with Crippen LogP contribution in [0.5, 0.6) is 17.2 Å². The fraction of sp³-hybridized carbons (Fsp3) is 0.667. The SMILES string of the molecule is CCNC(=NCc1cc(OC)c(OC)cc1OC)N1CCC(N2CCOCC2)C1.I. The van der Waals surface area contributed by atoms with E-state index in [0.717, 1.165) is 69.6 Å². The van der Waals surface area contributed by atoms with Crippen molar-refractivity contribution in [1.82, 2.24) is 15.1 Å². The van der Waals surface area contributed by atoms with Crippen molar-refractivity contribution in [3.63, 3.8) is 0 Å². The molecule has 0 aliphatic carbocycles. The summed E-state index contributed by atoms with van der Waals surface area (Å²) in [5.41, 5.74) is 0.962. The molecule has 0 bridgehead atoms. The van der Waals surface area contributed by atoms with Crippen molar-refractivity contribution in [3.05, 3.63) is 17.7 Å². The Labute approximate surface area is 196 Å². The van der Waals surface area contributed by atoms with Crippen molar-refractivity contribution in [2.75, 3.05) is 67.3 Å². The first-order valence-electron chi connectivity index (χ1n) is 10.3. The second-order valence-electron chi connectivity index (χ2n) is 7.23. The van der Waals surface area contributed by atoms with E-state index in [4.69, 9.17) is 23.9 Å². The third kappa shape index (κ3) is 6.04. The molecule has 2 heterocycles. The van der Waals surface area contributed by atoms with Crippen molar-refractivity contribution < 1.29 is 18.9 Å². The Morgan fingerprint density at radius 3 is 2.37 bits per heavy atom. The molecule has 1 aromatic carbocycles. The van der Waals surface area contributed by atoms with Gasteiger partial charge in [-0.3, -0.25) is 4.90 Å². The number of nitrogens with one attached hydrogen (secondary N) is 1. The van der Waals surface area contributed by atoms with E-state index in [2.05, 4.69) is 22.0 Å². The number of nitrogens with zero attached hydrogens (tertiary/aromatic N) is 3. The largest absolute Gasteiger partial charge is 0.496 e. The average Bonchev–Trinajstić information content (AvgIpc) is 3.26. The van der Waals surface area contributed by atoms with Gasteiger partial charge in [0.15, 0.2) is 17.5 Å². The van der Waals surface area contributed by atoms with E-state index in [1.54, 1.807) is 21.3 Å². The minimum Gasteiger partial charge on any atom is -0.496 e. The highest BCUT2D eigenvalue weighted by Gasteiger charge is 2.30. The van der Waals surface area contributed by atoms with Crippen molar-refractivity contribution >= 4 is 29.9 Å². The third-order valence-electron chi connectivity index (χ3n) is 5.55. The molecule has 3 rings (SSSR count). The molecule has 1 atom stereocenters. The number of methoxy groups -OCH3 is 3. The minimum absolute atomic E-state index is 0. The normalized spacial score (nSPS) is 19.9. The van der Waals surface area contributed by atoms with Crippen LogP contribution in [-0.2, 0) is 11.3 Å². The number of morpholine rings is 1. The Balaban J connectivity index is 0.00000320. The Morgan fingerprint density at radius 1 is 1.07 bits per heavy atom. The van der Waals surface area contributed by atoms with Gasteiger partial charge in [0.2, 0.25) is 0 Å². The van der Waals surface area contributed by atoms with E-state index >= 15 is 0 Å². The molecule has 30 heavy (non-hydrogen) atoms. The lowest BCUT2D eigenvalue weighted by molar-refractivity contribution is 0.0195. The van der Waals surface area contributed by atoms with E-state index in [-0.39, 0.29) is 24.0 Å². The van der Waals surface area contributed by atoms with Gasteiger partial charge in [0.05, 0.1) is 41.1 Å². The van der Waals surface area contributed by atoms with E-state index < -0.39 is 0 Å². The van der Waals surface area contributed by atoms with Crippen molar-refractivity contribution in [3.8, 4) is 17.2 Å². The number of aliphatic imine (C=N–C) groups is 1. The topological polar surface area (TPSA) is 67.8 Å². The summed E-state index contributed by atoms with van der Waals surface area (Å²) in [6.07, 6.45) is 1.16. The molecule has 2 aliphatic heterocycles. The molecule has 9 heteroatoms. The fourth-order valence-electron chi connectivity index (χ4n) is 3.98. The van der Waals surface area contributed by atoms with Crippen LogP contribution in [0.15, 0.2) is 17.1 Å². The lowest BCUT2D eigenvalue weighted by Crippen LogP contribution is -2.46. The molecular formula is C21H35IN4O4. The molecule has 170 valence electrons. The molecule has 1 N–H and O–H groups in total. The second-order valence-corrected chi connectivity index (χ2v) is 7.23. The van der Waals surface area contributed by atoms with Crippen LogP contribution in [0.2, 0.25) is 0 Å². The van der Waals surface area contributed by atoms with E-state index in [1.807, 2.05) is 12.1 Å². The van der Waals surface area contributed by atoms with Crippen LogP contribution < -0.4 is 19.5 Å². The summed E-state index contributed by atoms with van der Waals surface area (Å²) in [6, 6.07) is 4.35. The van der Waals surface area contributed by atoms with Crippen molar-refractivity contribution in [2.24, 2.45) is 4.99 Å². The summed E-state index contributed by atoms with van der Waals surface area (Å²) in [4.78, 5) is 9.80. The number of likely N-dealkylation sites (tertiary alicyclic amines) is 1. The molecule has 0 saturated carbocycles. The summed E-state index contributed by atoms with van der Waals surface area (Å²) in [6.45, 7) is 9.16. The Morgan fingerprint density at radius 2 is 1.73 bits per heavy atom. The van der Waals surface area contributed by atoms with Gasteiger partial charge in [-0.15, -0.1) is 24.0 Å². The maximum absolute atomic E-state index is 5.54. The maximum Gasteiger partial charge on any atom is 0.194 e. The zero-order valence-electron chi connectivity index (χ0n) is 18.5. The molecule has 1 unspecified atom stereocenters. The Kier molecular flexibility index (Phi) is 10.3. The first-order chi connectivity index (χ1) is 14.2. The Hall–Kier alpha value is -1.46. The summed E-state index contributed by atoms with van der Waals surface area (Å²) in [7, 11) is 4.92. The van der Waals surface area contributed by atoms with Crippen LogP contribution in [0.3, 0.4) is 0 Å².